The minimum absolute atomic E-state index is 0.194. The van der Waals surface area contributed by atoms with Crippen LogP contribution >= 0.6 is 0 Å². The summed E-state index contributed by atoms with van der Waals surface area (Å²) in [7, 11) is 0. The van der Waals surface area contributed by atoms with Crippen LogP contribution in [0.3, 0.4) is 0 Å². The summed E-state index contributed by atoms with van der Waals surface area (Å²) < 4.78 is 11.3. The van der Waals surface area contributed by atoms with Crippen molar-refractivity contribution in [2.45, 2.75) is 25.8 Å². The van der Waals surface area contributed by atoms with Crippen molar-refractivity contribution in [2.24, 2.45) is 0 Å². The Hall–Kier alpha value is -1.75. The van der Waals surface area contributed by atoms with Crippen LogP contribution in [0.15, 0.2) is 18.2 Å². The van der Waals surface area contributed by atoms with E-state index in [9.17, 15) is 4.79 Å². The largest absolute Gasteiger partial charge is 0.490 e. The predicted octanol–water partition coefficient (Wildman–Crippen LogP) is 1.80. The summed E-state index contributed by atoms with van der Waals surface area (Å²) in [6.07, 6.45) is 1.71. The SMILES string of the molecule is O=C(O)CCCNCc1cccc2c1OCCCO2. The smallest absolute Gasteiger partial charge is 0.303 e. The molecule has 0 amide bonds. The Labute approximate surface area is 112 Å². The first-order valence-corrected chi connectivity index (χ1v) is 6.57. The maximum absolute atomic E-state index is 10.4. The van der Waals surface area contributed by atoms with Gasteiger partial charge < -0.3 is 19.9 Å². The number of fused-ring (bicyclic) bond motifs is 1. The summed E-state index contributed by atoms with van der Waals surface area (Å²) in [5, 5.41) is 11.8. The average Bonchev–Trinajstić information content (AvgIpc) is 2.63. The lowest BCUT2D eigenvalue weighted by Gasteiger charge is -2.12. The van der Waals surface area contributed by atoms with Crippen molar-refractivity contribution in [1.29, 1.82) is 0 Å². The van der Waals surface area contributed by atoms with Crippen LogP contribution in [-0.2, 0) is 11.3 Å². The van der Waals surface area contributed by atoms with Crippen LogP contribution in [0.1, 0.15) is 24.8 Å². The number of rotatable bonds is 6. The van der Waals surface area contributed by atoms with Crippen molar-refractivity contribution in [3.8, 4) is 11.5 Å². The second kappa shape index (κ2) is 6.99. The summed E-state index contributed by atoms with van der Waals surface area (Å²) in [6, 6.07) is 5.86. The fourth-order valence-electron chi connectivity index (χ4n) is 1.98. The number of carbonyl (C=O) groups is 1. The van der Waals surface area contributed by atoms with E-state index in [1.54, 1.807) is 0 Å². The quantitative estimate of drug-likeness (QED) is 0.768. The molecule has 0 saturated heterocycles. The van der Waals surface area contributed by atoms with E-state index in [4.69, 9.17) is 14.6 Å². The molecule has 2 rings (SSSR count). The molecule has 1 heterocycles. The zero-order valence-electron chi connectivity index (χ0n) is 10.9. The van der Waals surface area contributed by atoms with Crippen molar-refractivity contribution in [3.63, 3.8) is 0 Å². The van der Waals surface area contributed by atoms with Gasteiger partial charge in [-0.2, -0.15) is 0 Å². The molecule has 0 radical (unpaired) electrons. The molecule has 0 atom stereocenters. The zero-order chi connectivity index (χ0) is 13.5. The summed E-state index contributed by atoms with van der Waals surface area (Å²) in [5.74, 6) is 0.847. The molecule has 19 heavy (non-hydrogen) atoms. The number of hydrogen-bond donors (Lipinski definition) is 2. The number of carboxylic acid groups (broad SMARTS) is 1. The Morgan fingerprint density at radius 2 is 2.16 bits per heavy atom. The first-order chi connectivity index (χ1) is 9.27. The van der Waals surface area contributed by atoms with Crippen molar-refractivity contribution in [2.75, 3.05) is 19.8 Å². The van der Waals surface area contributed by atoms with Gasteiger partial charge in [0.1, 0.15) is 0 Å². The molecule has 2 N–H and O–H groups in total. The Morgan fingerprint density at radius 3 is 3.00 bits per heavy atom. The highest BCUT2D eigenvalue weighted by Crippen LogP contribution is 2.32. The van der Waals surface area contributed by atoms with E-state index in [2.05, 4.69) is 5.32 Å². The van der Waals surface area contributed by atoms with E-state index in [0.717, 1.165) is 23.5 Å². The van der Waals surface area contributed by atoms with Crippen molar-refractivity contribution in [1.82, 2.24) is 5.32 Å². The van der Waals surface area contributed by atoms with Gasteiger partial charge in [-0.15, -0.1) is 0 Å². The molecule has 0 unspecified atom stereocenters. The lowest BCUT2D eigenvalue weighted by Crippen LogP contribution is -2.16. The lowest BCUT2D eigenvalue weighted by molar-refractivity contribution is -0.137. The number of para-hydroxylation sites is 1. The van der Waals surface area contributed by atoms with Crippen molar-refractivity contribution in [3.05, 3.63) is 23.8 Å². The fourth-order valence-corrected chi connectivity index (χ4v) is 1.98. The Morgan fingerprint density at radius 1 is 1.32 bits per heavy atom. The topological polar surface area (TPSA) is 67.8 Å². The number of nitrogens with one attached hydrogen (secondary N) is 1. The monoisotopic (exact) mass is 265 g/mol. The van der Waals surface area contributed by atoms with Crippen LogP contribution in [0.4, 0.5) is 0 Å². The fraction of sp³-hybridized carbons (Fsp3) is 0.500. The molecule has 5 heteroatoms. The third-order valence-corrected chi connectivity index (χ3v) is 2.91. The second-order valence-electron chi connectivity index (χ2n) is 4.47. The molecule has 5 nitrogen and oxygen atoms in total. The highest BCUT2D eigenvalue weighted by Gasteiger charge is 2.13. The molecule has 0 aliphatic carbocycles. The third kappa shape index (κ3) is 4.13. The first kappa shape index (κ1) is 13.7. The first-order valence-electron chi connectivity index (χ1n) is 6.57. The molecule has 0 spiro atoms. The highest BCUT2D eigenvalue weighted by molar-refractivity contribution is 5.66. The van der Waals surface area contributed by atoms with Crippen molar-refractivity contribution >= 4 is 5.97 Å². The Bertz CT molecular complexity index is 433. The van der Waals surface area contributed by atoms with Crippen LogP contribution in [0.25, 0.3) is 0 Å². The lowest BCUT2D eigenvalue weighted by atomic mass is 10.2. The van der Waals surface area contributed by atoms with Gasteiger partial charge in [-0.1, -0.05) is 12.1 Å². The number of carboxylic acids is 1. The summed E-state index contributed by atoms with van der Waals surface area (Å²) in [6.45, 7) is 2.69. The molecule has 1 aromatic carbocycles. The maximum Gasteiger partial charge on any atom is 0.303 e. The molecule has 0 saturated carbocycles. The van der Waals surface area contributed by atoms with Gasteiger partial charge in [-0.25, -0.2) is 0 Å². The van der Waals surface area contributed by atoms with Crippen LogP contribution in [0.5, 0.6) is 11.5 Å². The Kier molecular flexibility index (Phi) is 5.03. The van der Waals surface area contributed by atoms with Gasteiger partial charge >= 0.3 is 5.97 Å². The molecule has 104 valence electrons. The normalized spacial score (nSPS) is 13.9. The highest BCUT2D eigenvalue weighted by atomic mass is 16.5. The number of ether oxygens (including phenoxy) is 2. The van der Waals surface area contributed by atoms with Crippen molar-refractivity contribution < 1.29 is 19.4 Å². The average molecular weight is 265 g/mol. The summed E-state index contributed by atoms with van der Waals surface area (Å²) in [5.41, 5.74) is 1.05. The summed E-state index contributed by atoms with van der Waals surface area (Å²) in [4.78, 5) is 10.4. The van der Waals surface area contributed by atoms with Gasteiger partial charge in [0.05, 0.1) is 13.2 Å². The Balaban J connectivity index is 1.88. The molecule has 1 aliphatic heterocycles. The van der Waals surface area contributed by atoms with Crippen LogP contribution in [0.2, 0.25) is 0 Å². The number of benzene rings is 1. The molecule has 0 bridgehead atoms. The number of hydrogen-bond acceptors (Lipinski definition) is 4. The van der Waals surface area contributed by atoms with Crippen LogP contribution in [0, 0.1) is 0 Å². The predicted molar refractivity (Wildman–Crippen MR) is 70.6 cm³/mol. The third-order valence-electron chi connectivity index (χ3n) is 2.91. The van der Waals surface area contributed by atoms with Gasteiger partial charge in [-0.3, -0.25) is 4.79 Å². The zero-order valence-corrected chi connectivity index (χ0v) is 10.9. The molecule has 1 aliphatic rings. The van der Waals surface area contributed by atoms with E-state index in [1.165, 1.54) is 0 Å². The van der Waals surface area contributed by atoms with E-state index in [0.29, 0.717) is 32.7 Å². The van der Waals surface area contributed by atoms with Gasteiger partial charge in [0.15, 0.2) is 11.5 Å². The van der Waals surface area contributed by atoms with Gasteiger partial charge in [0.2, 0.25) is 0 Å². The van der Waals surface area contributed by atoms with E-state index in [-0.39, 0.29) is 6.42 Å². The van der Waals surface area contributed by atoms with Gasteiger partial charge in [0.25, 0.3) is 0 Å². The molecule has 0 aromatic heterocycles. The second-order valence-corrected chi connectivity index (χ2v) is 4.47. The molecular weight excluding hydrogens is 246 g/mol. The maximum atomic E-state index is 10.4. The van der Waals surface area contributed by atoms with E-state index in [1.807, 2.05) is 18.2 Å². The minimum atomic E-state index is -0.757. The van der Waals surface area contributed by atoms with Gasteiger partial charge in [0, 0.05) is 24.9 Å². The minimum Gasteiger partial charge on any atom is -0.490 e. The van der Waals surface area contributed by atoms with Crippen LogP contribution in [-0.4, -0.2) is 30.8 Å². The van der Waals surface area contributed by atoms with E-state index < -0.39 is 5.97 Å². The van der Waals surface area contributed by atoms with Crippen LogP contribution < -0.4 is 14.8 Å². The molecular formula is C14H19NO4. The van der Waals surface area contributed by atoms with E-state index >= 15 is 0 Å². The standard InChI is InChI=1S/C14H19NO4/c16-13(17)6-2-7-15-10-11-4-1-5-12-14(11)19-9-3-8-18-12/h1,4-5,15H,2-3,6-10H2,(H,16,17). The molecule has 0 fully saturated rings. The molecule has 1 aromatic rings. The van der Waals surface area contributed by atoms with Gasteiger partial charge in [-0.05, 0) is 19.0 Å². The summed E-state index contributed by atoms with van der Waals surface area (Å²) >= 11 is 0. The number of aliphatic carboxylic acids is 1.